The van der Waals surface area contributed by atoms with Crippen LogP contribution in [0.3, 0.4) is 0 Å². The highest BCUT2D eigenvalue weighted by Crippen LogP contribution is 2.10. The van der Waals surface area contributed by atoms with Gasteiger partial charge >= 0.3 is 5.97 Å². The summed E-state index contributed by atoms with van der Waals surface area (Å²) >= 11 is 0. The second-order valence-corrected chi connectivity index (χ2v) is 5.17. The second-order valence-electron chi connectivity index (χ2n) is 5.17. The molecule has 0 saturated heterocycles. The minimum atomic E-state index is -0.487. The van der Waals surface area contributed by atoms with E-state index < -0.39 is 5.60 Å². The van der Waals surface area contributed by atoms with E-state index in [1.165, 1.54) is 0 Å². The zero-order valence-corrected chi connectivity index (χ0v) is 10.9. The maximum Gasteiger partial charge on any atom is 0.355 e. The Hall–Kier alpha value is -2.03. The molecule has 1 aliphatic heterocycles. The van der Waals surface area contributed by atoms with E-state index in [2.05, 4.69) is 5.32 Å². The minimum absolute atomic E-state index is 0.345. The van der Waals surface area contributed by atoms with Gasteiger partial charge in [-0.3, -0.25) is 0 Å². The molecule has 1 aromatic rings. The molecule has 3 heteroatoms. The Labute approximate surface area is 106 Å². The van der Waals surface area contributed by atoms with Crippen LogP contribution in [0, 0.1) is 0 Å². The maximum absolute atomic E-state index is 11.9. The zero-order valence-electron chi connectivity index (χ0n) is 10.9. The van der Waals surface area contributed by atoms with E-state index in [1.54, 1.807) is 6.08 Å². The predicted molar refractivity (Wildman–Crippen MR) is 71.7 cm³/mol. The van der Waals surface area contributed by atoms with Crippen molar-refractivity contribution in [3.63, 3.8) is 0 Å². The molecule has 94 valence electrons. The molecule has 3 nitrogen and oxygen atoms in total. The van der Waals surface area contributed by atoms with Crippen molar-refractivity contribution in [2.75, 3.05) is 0 Å². The Balaban J connectivity index is 2.27. The smallest absolute Gasteiger partial charge is 0.355 e. The normalized spacial score (nSPS) is 14.1. The molecule has 0 radical (unpaired) electrons. The summed E-state index contributed by atoms with van der Waals surface area (Å²) in [5.41, 5.74) is -0.0419. The molecule has 0 saturated carbocycles. The summed E-state index contributed by atoms with van der Waals surface area (Å²) in [5, 5.41) is 5.11. The van der Waals surface area contributed by atoms with Gasteiger partial charge in [0.1, 0.15) is 11.3 Å². The van der Waals surface area contributed by atoms with Crippen LogP contribution in [0.25, 0.3) is 12.3 Å². The maximum atomic E-state index is 11.9. The molecule has 0 aromatic heterocycles. The van der Waals surface area contributed by atoms with Gasteiger partial charge < -0.3 is 10.1 Å². The summed E-state index contributed by atoms with van der Waals surface area (Å²) < 4.78 is 5.32. The van der Waals surface area contributed by atoms with Gasteiger partial charge in [-0.05, 0) is 37.3 Å². The minimum Gasteiger partial charge on any atom is -0.455 e. The van der Waals surface area contributed by atoms with Crippen molar-refractivity contribution in [3.05, 3.63) is 46.5 Å². The van der Waals surface area contributed by atoms with Crippen LogP contribution in [0.1, 0.15) is 20.8 Å². The standard InChI is InChI=1S/C15H17NO2/c1-15(2,3)18-14(17)13-9-8-11-6-4-5-7-12(11)10-16-13/h4-10,16H,1-3H3. The molecule has 1 aromatic carbocycles. The highest BCUT2D eigenvalue weighted by atomic mass is 16.6. The van der Waals surface area contributed by atoms with Crippen LogP contribution in [0.15, 0.2) is 36.0 Å². The summed E-state index contributed by atoms with van der Waals surface area (Å²) in [7, 11) is 0. The van der Waals surface area contributed by atoms with Crippen LogP contribution >= 0.6 is 0 Å². The van der Waals surface area contributed by atoms with Crippen molar-refractivity contribution >= 4 is 18.2 Å². The van der Waals surface area contributed by atoms with Gasteiger partial charge in [-0.25, -0.2) is 4.79 Å². The number of carbonyl (C=O) groups excluding carboxylic acids is 1. The van der Waals surface area contributed by atoms with E-state index >= 15 is 0 Å². The molecule has 0 unspecified atom stereocenters. The van der Waals surface area contributed by atoms with Crippen molar-refractivity contribution in [1.29, 1.82) is 0 Å². The zero-order chi connectivity index (χ0) is 13.2. The average molecular weight is 243 g/mol. The molecule has 0 aliphatic carbocycles. The lowest BCUT2D eigenvalue weighted by atomic mass is 10.2. The van der Waals surface area contributed by atoms with E-state index in [0.717, 1.165) is 10.4 Å². The van der Waals surface area contributed by atoms with Gasteiger partial charge in [0.05, 0.1) is 0 Å². The van der Waals surface area contributed by atoms with Gasteiger partial charge in [-0.2, -0.15) is 0 Å². The highest BCUT2D eigenvalue weighted by Gasteiger charge is 2.19. The van der Waals surface area contributed by atoms with Crippen molar-refractivity contribution in [3.8, 4) is 0 Å². The topological polar surface area (TPSA) is 38.3 Å². The third-order valence-electron chi connectivity index (χ3n) is 2.43. The van der Waals surface area contributed by atoms with Gasteiger partial charge in [-0.1, -0.05) is 30.3 Å². The predicted octanol–water partition coefficient (Wildman–Crippen LogP) is 1.03. The molecule has 1 aliphatic rings. The van der Waals surface area contributed by atoms with Crippen LogP contribution in [0.4, 0.5) is 0 Å². The van der Waals surface area contributed by atoms with Gasteiger partial charge in [0.15, 0.2) is 0 Å². The number of esters is 1. The van der Waals surface area contributed by atoms with Gasteiger partial charge in [0.2, 0.25) is 0 Å². The fraction of sp³-hybridized carbons (Fsp3) is 0.267. The van der Waals surface area contributed by atoms with E-state index in [0.29, 0.717) is 5.70 Å². The van der Waals surface area contributed by atoms with Crippen molar-refractivity contribution in [1.82, 2.24) is 5.32 Å². The van der Waals surface area contributed by atoms with Crippen LogP contribution in [-0.4, -0.2) is 11.6 Å². The lowest BCUT2D eigenvalue weighted by Crippen LogP contribution is -2.29. The first kappa shape index (κ1) is 12.4. The number of fused-ring (bicyclic) bond motifs is 1. The van der Waals surface area contributed by atoms with Gasteiger partial charge in [0.25, 0.3) is 0 Å². The van der Waals surface area contributed by atoms with Crippen molar-refractivity contribution in [2.24, 2.45) is 0 Å². The SMILES string of the molecule is CC(C)(C)OC(=O)C1=CC=c2ccccc2=CN1. The quantitative estimate of drug-likeness (QED) is 0.749. The Morgan fingerprint density at radius 3 is 2.44 bits per heavy atom. The fourth-order valence-corrected chi connectivity index (χ4v) is 1.63. The van der Waals surface area contributed by atoms with Crippen molar-refractivity contribution < 1.29 is 9.53 Å². The molecule has 0 spiro atoms. The lowest BCUT2D eigenvalue weighted by Gasteiger charge is -2.20. The number of nitrogens with one attached hydrogen (secondary N) is 1. The Morgan fingerprint density at radius 2 is 1.78 bits per heavy atom. The molecule has 0 atom stereocenters. The van der Waals surface area contributed by atoms with Crippen molar-refractivity contribution in [2.45, 2.75) is 26.4 Å². The molecule has 0 amide bonds. The largest absolute Gasteiger partial charge is 0.455 e. The number of ether oxygens (including phenoxy) is 1. The Morgan fingerprint density at radius 1 is 1.11 bits per heavy atom. The van der Waals surface area contributed by atoms with Gasteiger partial charge in [0, 0.05) is 6.20 Å². The van der Waals surface area contributed by atoms with E-state index in [4.69, 9.17) is 4.74 Å². The first-order chi connectivity index (χ1) is 8.46. The number of hydrogen-bond acceptors (Lipinski definition) is 3. The third-order valence-corrected chi connectivity index (χ3v) is 2.43. The highest BCUT2D eigenvalue weighted by molar-refractivity contribution is 5.90. The monoisotopic (exact) mass is 243 g/mol. The molecule has 0 bridgehead atoms. The van der Waals surface area contributed by atoms with E-state index in [-0.39, 0.29) is 5.97 Å². The summed E-state index contributed by atoms with van der Waals surface area (Å²) in [6.45, 7) is 5.55. The lowest BCUT2D eigenvalue weighted by molar-refractivity contribution is -0.150. The molecular weight excluding hydrogens is 226 g/mol. The third kappa shape index (κ3) is 3.00. The molecule has 1 N–H and O–H groups in total. The summed E-state index contributed by atoms with van der Waals surface area (Å²) in [6, 6.07) is 7.92. The fourth-order valence-electron chi connectivity index (χ4n) is 1.63. The van der Waals surface area contributed by atoms with Crippen LogP contribution in [0.5, 0.6) is 0 Å². The summed E-state index contributed by atoms with van der Waals surface area (Å²) in [6.07, 6.45) is 5.47. The van der Waals surface area contributed by atoms with Crippen LogP contribution in [0.2, 0.25) is 0 Å². The van der Waals surface area contributed by atoms with Gasteiger partial charge in [-0.15, -0.1) is 0 Å². The molecule has 18 heavy (non-hydrogen) atoms. The summed E-state index contributed by atoms with van der Waals surface area (Å²) in [5.74, 6) is -0.345. The number of rotatable bonds is 1. The van der Waals surface area contributed by atoms with Crippen LogP contribution in [-0.2, 0) is 9.53 Å². The Kier molecular flexibility index (Phi) is 3.24. The number of benzene rings is 1. The average Bonchev–Trinajstić information content (AvgIpc) is 2.49. The second kappa shape index (κ2) is 4.69. The molecule has 1 heterocycles. The first-order valence-electron chi connectivity index (χ1n) is 5.93. The van der Waals surface area contributed by atoms with E-state index in [9.17, 15) is 4.79 Å². The molecule has 0 fully saturated rings. The molecular formula is C15H17NO2. The first-order valence-corrected chi connectivity index (χ1v) is 5.93. The number of carbonyl (C=O) groups is 1. The number of allylic oxidation sites excluding steroid dienone is 1. The number of hydrogen-bond donors (Lipinski definition) is 1. The molecule has 2 rings (SSSR count). The van der Waals surface area contributed by atoms with E-state index in [1.807, 2.05) is 57.3 Å². The Bertz CT molecular complexity index is 606. The summed E-state index contributed by atoms with van der Waals surface area (Å²) in [4.78, 5) is 11.9. The van der Waals surface area contributed by atoms with Crippen LogP contribution < -0.4 is 15.8 Å².